The van der Waals surface area contributed by atoms with Gasteiger partial charge >= 0.3 is 0 Å². The molecule has 0 saturated carbocycles. The average molecular weight is 369 g/mol. The Labute approximate surface area is 157 Å². The lowest BCUT2D eigenvalue weighted by molar-refractivity contribution is -0.118. The maximum atomic E-state index is 12.7. The molecule has 1 unspecified atom stereocenters. The summed E-state index contributed by atoms with van der Waals surface area (Å²) in [6, 6.07) is 7.75. The van der Waals surface area contributed by atoms with Gasteiger partial charge in [0.25, 0.3) is 5.91 Å². The van der Waals surface area contributed by atoms with E-state index in [9.17, 15) is 9.59 Å². The van der Waals surface area contributed by atoms with E-state index in [1.165, 1.54) is 6.26 Å². The molecule has 27 heavy (non-hydrogen) atoms. The number of hydrogen-bond acceptors (Lipinski definition) is 5. The third-order valence-electron chi connectivity index (χ3n) is 4.15. The summed E-state index contributed by atoms with van der Waals surface area (Å²) >= 11 is 0. The first-order valence-electron chi connectivity index (χ1n) is 8.91. The van der Waals surface area contributed by atoms with Gasteiger partial charge in [0.15, 0.2) is 17.2 Å². The van der Waals surface area contributed by atoms with E-state index in [1.54, 1.807) is 30.3 Å². The Hall–Kier alpha value is -3.09. The molecular weight excluding hydrogens is 346 g/mol. The number of anilines is 1. The normalized spacial score (nSPS) is 12.5. The fourth-order valence-corrected chi connectivity index (χ4v) is 2.65. The predicted molar refractivity (Wildman–Crippen MR) is 102 cm³/mol. The summed E-state index contributed by atoms with van der Waals surface area (Å²) < 4.78 is 10.8. The van der Waals surface area contributed by atoms with Gasteiger partial charge in [0, 0.05) is 11.6 Å². The summed E-state index contributed by atoms with van der Waals surface area (Å²) in [6.45, 7) is 7.73. The first-order valence-corrected chi connectivity index (χ1v) is 8.91. The topological polar surface area (TPSA) is 97.4 Å². The van der Waals surface area contributed by atoms with Crippen molar-refractivity contribution < 1.29 is 18.4 Å². The molecule has 7 heteroatoms. The summed E-state index contributed by atoms with van der Waals surface area (Å²) in [6.07, 6.45) is 1.41. The summed E-state index contributed by atoms with van der Waals surface area (Å²) in [5, 5.41) is 5.55. The number of oxazole rings is 1. The molecule has 0 aliphatic carbocycles. The van der Waals surface area contributed by atoms with Gasteiger partial charge in [0.05, 0.1) is 6.26 Å². The van der Waals surface area contributed by atoms with Gasteiger partial charge in [0.2, 0.25) is 5.91 Å². The van der Waals surface area contributed by atoms with Crippen molar-refractivity contribution in [3.05, 3.63) is 48.2 Å². The van der Waals surface area contributed by atoms with E-state index in [1.807, 2.05) is 27.7 Å². The number of nitrogens with zero attached hydrogens (tertiary/aromatic N) is 1. The molecule has 1 atom stereocenters. The largest absolute Gasteiger partial charge is 0.459 e. The Kier molecular flexibility index (Phi) is 5.30. The predicted octanol–water partition coefficient (Wildman–Crippen LogP) is 3.94. The average Bonchev–Trinajstić information content (AvgIpc) is 3.28. The van der Waals surface area contributed by atoms with Crippen LogP contribution in [0.4, 0.5) is 5.69 Å². The lowest BCUT2D eigenvalue weighted by Crippen LogP contribution is -2.47. The van der Waals surface area contributed by atoms with Gasteiger partial charge in [-0.3, -0.25) is 9.59 Å². The zero-order chi connectivity index (χ0) is 19.6. The summed E-state index contributed by atoms with van der Waals surface area (Å²) in [5.41, 5.74) is 1.94. The number of benzene rings is 1. The van der Waals surface area contributed by atoms with Gasteiger partial charge in [-0.05, 0) is 36.2 Å². The number of amides is 2. The van der Waals surface area contributed by atoms with Crippen molar-refractivity contribution in [3.63, 3.8) is 0 Å². The molecule has 0 fully saturated rings. The number of furan rings is 1. The van der Waals surface area contributed by atoms with Crippen LogP contribution in [-0.2, 0) is 4.79 Å². The molecule has 0 aliphatic rings. The van der Waals surface area contributed by atoms with Crippen molar-refractivity contribution >= 4 is 28.6 Å². The molecule has 0 bridgehead atoms. The minimum atomic E-state index is -0.707. The standard InChI is InChI=1S/C20H23N3O4/c1-11(2)17(23-18(24)16-6-5-9-26-16)19(25)21-13-7-8-15-14(10-13)22-20(27-15)12(3)4/h5-12,17H,1-4H3,(H,21,25)(H,23,24). The van der Waals surface area contributed by atoms with Crippen molar-refractivity contribution in [1.82, 2.24) is 10.3 Å². The highest BCUT2D eigenvalue weighted by atomic mass is 16.3. The Balaban J connectivity index is 1.75. The Morgan fingerprint density at radius 3 is 2.52 bits per heavy atom. The van der Waals surface area contributed by atoms with Crippen LogP contribution in [0.2, 0.25) is 0 Å². The number of hydrogen-bond donors (Lipinski definition) is 2. The van der Waals surface area contributed by atoms with Crippen LogP contribution in [-0.4, -0.2) is 22.8 Å². The number of carbonyl (C=O) groups is 2. The van der Waals surface area contributed by atoms with Crippen molar-refractivity contribution in [2.75, 3.05) is 5.32 Å². The second kappa shape index (κ2) is 7.65. The molecule has 0 radical (unpaired) electrons. The van der Waals surface area contributed by atoms with E-state index in [0.717, 1.165) is 0 Å². The smallest absolute Gasteiger partial charge is 0.287 e. The zero-order valence-corrected chi connectivity index (χ0v) is 15.8. The molecule has 2 N–H and O–H groups in total. The van der Waals surface area contributed by atoms with E-state index in [2.05, 4.69) is 15.6 Å². The molecule has 1 aromatic carbocycles. The Bertz CT molecular complexity index is 941. The van der Waals surface area contributed by atoms with Crippen LogP contribution in [0.1, 0.15) is 50.1 Å². The molecular formula is C20H23N3O4. The SMILES string of the molecule is CC(C)c1nc2cc(NC(=O)C(NC(=O)c3ccco3)C(C)C)ccc2o1. The minimum Gasteiger partial charge on any atom is -0.459 e. The highest BCUT2D eigenvalue weighted by Crippen LogP contribution is 2.24. The van der Waals surface area contributed by atoms with Crippen LogP contribution in [0, 0.1) is 5.92 Å². The number of aromatic nitrogens is 1. The first kappa shape index (κ1) is 18.7. The minimum absolute atomic E-state index is 0.104. The van der Waals surface area contributed by atoms with E-state index in [-0.39, 0.29) is 23.5 Å². The summed E-state index contributed by atoms with van der Waals surface area (Å²) in [4.78, 5) is 29.4. The van der Waals surface area contributed by atoms with Crippen LogP contribution in [0.3, 0.4) is 0 Å². The van der Waals surface area contributed by atoms with Gasteiger partial charge in [-0.15, -0.1) is 0 Å². The van der Waals surface area contributed by atoms with Crippen LogP contribution in [0.5, 0.6) is 0 Å². The van der Waals surface area contributed by atoms with Crippen LogP contribution >= 0.6 is 0 Å². The molecule has 2 amide bonds. The highest BCUT2D eigenvalue weighted by molar-refractivity contribution is 6.00. The molecule has 2 heterocycles. The third-order valence-corrected chi connectivity index (χ3v) is 4.15. The Morgan fingerprint density at radius 2 is 1.89 bits per heavy atom. The van der Waals surface area contributed by atoms with E-state index in [4.69, 9.17) is 8.83 Å². The highest BCUT2D eigenvalue weighted by Gasteiger charge is 2.26. The fourth-order valence-electron chi connectivity index (χ4n) is 2.65. The van der Waals surface area contributed by atoms with Gasteiger partial charge in [0.1, 0.15) is 11.6 Å². The lowest BCUT2D eigenvalue weighted by Gasteiger charge is -2.21. The summed E-state index contributed by atoms with van der Waals surface area (Å²) in [7, 11) is 0. The number of nitrogens with one attached hydrogen (secondary N) is 2. The maximum Gasteiger partial charge on any atom is 0.287 e. The van der Waals surface area contributed by atoms with Crippen molar-refractivity contribution in [2.24, 2.45) is 5.92 Å². The van der Waals surface area contributed by atoms with Gasteiger partial charge in [-0.1, -0.05) is 27.7 Å². The number of fused-ring (bicyclic) bond motifs is 1. The van der Waals surface area contributed by atoms with E-state index < -0.39 is 11.9 Å². The van der Waals surface area contributed by atoms with Crippen molar-refractivity contribution in [1.29, 1.82) is 0 Å². The fraction of sp³-hybridized carbons (Fsp3) is 0.350. The van der Waals surface area contributed by atoms with Crippen LogP contribution < -0.4 is 10.6 Å². The maximum absolute atomic E-state index is 12.7. The molecule has 7 nitrogen and oxygen atoms in total. The third kappa shape index (κ3) is 4.19. The molecule has 3 rings (SSSR count). The van der Waals surface area contributed by atoms with Gasteiger partial charge < -0.3 is 19.5 Å². The van der Waals surface area contributed by atoms with Crippen LogP contribution in [0.25, 0.3) is 11.1 Å². The molecule has 0 spiro atoms. The molecule has 0 saturated heterocycles. The number of carbonyl (C=O) groups excluding carboxylic acids is 2. The van der Waals surface area contributed by atoms with Crippen LogP contribution in [0.15, 0.2) is 45.4 Å². The zero-order valence-electron chi connectivity index (χ0n) is 15.8. The van der Waals surface area contributed by atoms with Gasteiger partial charge in [-0.2, -0.15) is 0 Å². The molecule has 142 valence electrons. The second-order valence-electron chi connectivity index (χ2n) is 7.05. The Morgan fingerprint density at radius 1 is 1.11 bits per heavy atom. The second-order valence-corrected chi connectivity index (χ2v) is 7.05. The van der Waals surface area contributed by atoms with E-state index in [0.29, 0.717) is 22.7 Å². The lowest BCUT2D eigenvalue weighted by atomic mass is 10.0. The summed E-state index contributed by atoms with van der Waals surface area (Å²) in [5.74, 6) is 0.155. The van der Waals surface area contributed by atoms with Gasteiger partial charge in [-0.25, -0.2) is 4.98 Å². The molecule has 0 aliphatic heterocycles. The monoisotopic (exact) mass is 369 g/mol. The van der Waals surface area contributed by atoms with Crippen molar-refractivity contribution in [3.8, 4) is 0 Å². The van der Waals surface area contributed by atoms with Crippen molar-refractivity contribution in [2.45, 2.75) is 39.7 Å². The quantitative estimate of drug-likeness (QED) is 0.686. The first-order chi connectivity index (χ1) is 12.8. The number of rotatable bonds is 6. The van der Waals surface area contributed by atoms with E-state index >= 15 is 0 Å². The molecule has 3 aromatic rings. The molecule has 2 aromatic heterocycles.